The van der Waals surface area contributed by atoms with Crippen LogP contribution in [0.3, 0.4) is 0 Å². The molecule has 3 aromatic rings. The smallest absolute Gasteiger partial charge is 0.292 e. The summed E-state index contributed by atoms with van der Waals surface area (Å²) < 4.78 is 10.2. The Bertz CT molecular complexity index is 669. The van der Waals surface area contributed by atoms with Crippen LogP contribution in [-0.4, -0.2) is 17.1 Å². The summed E-state index contributed by atoms with van der Waals surface area (Å²) in [4.78, 5) is 7.28. The standard InChI is InChI=1S/C12H11N3O2/c1-16-7-2-3-10-8(4-7)9(5-14-10)11-6-17-12(13)15-11/h2-6,14H,1H3,(H2,13,15). The Kier molecular flexibility index (Phi) is 2.04. The molecule has 2 aromatic heterocycles. The number of aromatic nitrogens is 2. The van der Waals surface area contributed by atoms with Crippen LogP contribution in [0.25, 0.3) is 22.2 Å². The average Bonchev–Trinajstić information content (AvgIpc) is 2.93. The average molecular weight is 229 g/mol. The number of anilines is 1. The van der Waals surface area contributed by atoms with Crippen molar-refractivity contribution in [3.63, 3.8) is 0 Å². The van der Waals surface area contributed by atoms with E-state index < -0.39 is 0 Å². The van der Waals surface area contributed by atoms with Gasteiger partial charge in [-0.05, 0) is 18.2 Å². The fourth-order valence-electron chi connectivity index (χ4n) is 1.85. The molecule has 0 bridgehead atoms. The molecule has 86 valence electrons. The van der Waals surface area contributed by atoms with E-state index in [2.05, 4.69) is 9.97 Å². The minimum atomic E-state index is 0.164. The third kappa shape index (κ3) is 1.52. The molecule has 0 amide bonds. The molecule has 0 saturated heterocycles. The van der Waals surface area contributed by atoms with Gasteiger partial charge in [-0.15, -0.1) is 0 Å². The molecule has 5 nitrogen and oxygen atoms in total. The zero-order valence-corrected chi connectivity index (χ0v) is 9.23. The van der Waals surface area contributed by atoms with Crippen molar-refractivity contribution >= 4 is 16.9 Å². The number of H-pyrrole nitrogens is 1. The molecular weight excluding hydrogens is 218 g/mol. The maximum Gasteiger partial charge on any atom is 0.292 e. The monoisotopic (exact) mass is 229 g/mol. The van der Waals surface area contributed by atoms with Gasteiger partial charge in [0.25, 0.3) is 6.01 Å². The highest BCUT2D eigenvalue weighted by Crippen LogP contribution is 2.30. The lowest BCUT2D eigenvalue weighted by atomic mass is 10.1. The minimum Gasteiger partial charge on any atom is -0.497 e. The van der Waals surface area contributed by atoms with Crippen LogP contribution in [0.15, 0.2) is 35.1 Å². The van der Waals surface area contributed by atoms with Crippen LogP contribution < -0.4 is 10.5 Å². The molecule has 0 atom stereocenters. The van der Waals surface area contributed by atoms with E-state index in [4.69, 9.17) is 14.9 Å². The van der Waals surface area contributed by atoms with E-state index in [1.54, 1.807) is 7.11 Å². The highest BCUT2D eigenvalue weighted by molar-refractivity contribution is 5.95. The normalized spacial score (nSPS) is 10.9. The Balaban J connectivity index is 2.22. The molecule has 0 aliphatic rings. The van der Waals surface area contributed by atoms with E-state index in [1.165, 1.54) is 6.26 Å². The van der Waals surface area contributed by atoms with Gasteiger partial charge in [0, 0.05) is 22.7 Å². The van der Waals surface area contributed by atoms with Crippen LogP contribution in [0.5, 0.6) is 5.75 Å². The number of hydrogen-bond donors (Lipinski definition) is 2. The maximum absolute atomic E-state index is 5.47. The summed E-state index contributed by atoms with van der Waals surface area (Å²) in [6.45, 7) is 0. The number of nitrogen functional groups attached to an aromatic ring is 1. The van der Waals surface area contributed by atoms with Crippen molar-refractivity contribution in [3.05, 3.63) is 30.7 Å². The summed E-state index contributed by atoms with van der Waals surface area (Å²) in [5, 5.41) is 1.03. The van der Waals surface area contributed by atoms with Gasteiger partial charge in [-0.2, -0.15) is 4.98 Å². The first-order valence-electron chi connectivity index (χ1n) is 5.14. The minimum absolute atomic E-state index is 0.164. The first-order chi connectivity index (χ1) is 8.28. The molecule has 3 rings (SSSR count). The van der Waals surface area contributed by atoms with Crippen LogP contribution in [0.1, 0.15) is 0 Å². The molecule has 2 heterocycles. The number of nitrogens with two attached hydrogens (primary N) is 1. The number of benzene rings is 1. The van der Waals surface area contributed by atoms with Crippen molar-refractivity contribution < 1.29 is 9.15 Å². The summed E-state index contributed by atoms with van der Waals surface area (Å²) >= 11 is 0. The van der Waals surface area contributed by atoms with Crippen LogP contribution >= 0.6 is 0 Å². The number of rotatable bonds is 2. The second-order valence-corrected chi connectivity index (χ2v) is 3.68. The quantitative estimate of drug-likeness (QED) is 0.707. The third-order valence-electron chi connectivity index (χ3n) is 2.69. The van der Waals surface area contributed by atoms with Gasteiger partial charge in [-0.1, -0.05) is 0 Å². The fourth-order valence-corrected chi connectivity index (χ4v) is 1.85. The van der Waals surface area contributed by atoms with Crippen molar-refractivity contribution in [1.82, 2.24) is 9.97 Å². The predicted molar refractivity (Wildman–Crippen MR) is 64.8 cm³/mol. The Morgan fingerprint density at radius 1 is 1.41 bits per heavy atom. The fraction of sp³-hybridized carbons (Fsp3) is 0.0833. The first kappa shape index (κ1) is 9.77. The predicted octanol–water partition coefficient (Wildman–Crippen LogP) is 2.41. The molecule has 0 aliphatic heterocycles. The molecule has 0 fully saturated rings. The summed E-state index contributed by atoms with van der Waals surface area (Å²) in [6.07, 6.45) is 3.42. The van der Waals surface area contributed by atoms with E-state index in [0.29, 0.717) is 5.69 Å². The molecule has 0 unspecified atom stereocenters. The topological polar surface area (TPSA) is 77.1 Å². The number of ether oxygens (including phenoxy) is 1. The van der Waals surface area contributed by atoms with Gasteiger partial charge in [0.1, 0.15) is 17.7 Å². The van der Waals surface area contributed by atoms with Gasteiger partial charge < -0.3 is 19.9 Å². The lowest BCUT2D eigenvalue weighted by Crippen LogP contribution is -1.84. The van der Waals surface area contributed by atoms with Crippen LogP contribution in [0.4, 0.5) is 6.01 Å². The van der Waals surface area contributed by atoms with Gasteiger partial charge in [-0.25, -0.2) is 0 Å². The van der Waals surface area contributed by atoms with Crippen LogP contribution in [-0.2, 0) is 0 Å². The number of nitrogens with zero attached hydrogens (tertiary/aromatic N) is 1. The van der Waals surface area contributed by atoms with Gasteiger partial charge in [0.2, 0.25) is 0 Å². The Morgan fingerprint density at radius 2 is 2.29 bits per heavy atom. The molecule has 17 heavy (non-hydrogen) atoms. The molecule has 5 heteroatoms. The molecule has 0 radical (unpaired) electrons. The summed E-state index contributed by atoms with van der Waals surface area (Å²) in [5.41, 5.74) is 8.14. The number of nitrogens with one attached hydrogen (secondary N) is 1. The Labute approximate surface area is 97.2 Å². The van der Waals surface area contributed by atoms with Crippen molar-refractivity contribution in [2.75, 3.05) is 12.8 Å². The second kappa shape index (κ2) is 3.55. The maximum atomic E-state index is 5.47. The zero-order valence-electron chi connectivity index (χ0n) is 9.23. The molecular formula is C12H11N3O2. The third-order valence-corrected chi connectivity index (χ3v) is 2.69. The van der Waals surface area contributed by atoms with Gasteiger partial charge in [0.05, 0.1) is 7.11 Å². The van der Waals surface area contributed by atoms with Crippen molar-refractivity contribution in [3.8, 4) is 17.0 Å². The SMILES string of the molecule is COc1ccc2[nH]cc(-c3coc(N)n3)c2c1. The number of fused-ring (bicyclic) bond motifs is 1. The molecule has 0 spiro atoms. The van der Waals surface area contributed by atoms with E-state index in [0.717, 1.165) is 22.2 Å². The van der Waals surface area contributed by atoms with Crippen LogP contribution in [0.2, 0.25) is 0 Å². The number of oxazole rings is 1. The van der Waals surface area contributed by atoms with E-state index in [9.17, 15) is 0 Å². The lowest BCUT2D eigenvalue weighted by Gasteiger charge is -1.99. The summed E-state index contributed by atoms with van der Waals surface area (Å²) in [6, 6.07) is 5.98. The second-order valence-electron chi connectivity index (χ2n) is 3.68. The van der Waals surface area contributed by atoms with Crippen LogP contribution in [0, 0.1) is 0 Å². The summed E-state index contributed by atoms with van der Waals surface area (Å²) in [5.74, 6) is 0.801. The number of aromatic amines is 1. The number of methoxy groups -OCH3 is 1. The molecule has 3 N–H and O–H groups in total. The van der Waals surface area contributed by atoms with Gasteiger partial charge >= 0.3 is 0 Å². The van der Waals surface area contributed by atoms with E-state index >= 15 is 0 Å². The Morgan fingerprint density at radius 3 is 3.00 bits per heavy atom. The van der Waals surface area contributed by atoms with Crippen molar-refractivity contribution in [2.24, 2.45) is 0 Å². The lowest BCUT2D eigenvalue weighted by molar-refractivity contribution is 0.415. The van der Waals surface area contributed by atoms with Crippen molar-refractivity contribution in [2.45, 2.75) is 0 Å². The highest BCUT2D eigenvalue weighted by atomic mass is 16.5. The zero-order chi connectivity index (χ0) is 11.8. The highest BCUT2D eigenvalue weighted by Gasteiger charge is 2.10. The molecule has 1 aromatic carbocycles. The Hall–Kier alpha value is -2.43. The first-order valence-corrected chi connectivity index (χ1v) is 5.14. The van der Waals surface area contributed by atoms with Gasteiger partial charge in [0.15, 0.2) is 0 Å². The largest absolute Gasteiger partial charge is 0.497 e. The number of hydrogen-bond acceptors (Lipinski definition) is 4. The summed E-state index contributed by atoms with van der Waals surface area (Å²) in [7, 11) is 1.64. The molecule has 0 aliphatic carbocycles. The van der Waals surface area contributed by atoms with Gasteiger partial charge in [-0.3, -0.25) is 0 Å². The molecule has 0 saturated carbocycles. The van der Waals surface area contributed by atoms with E-state index in [-0.39, 0.29) is 6.01 Å². The van der Waals surface area contributed by atoms with Crippen molar-refractivity contribution in [1.29, 1.82) is 0 Å². The van der Waals surface area contributed by atoms with E-state index in [1.807, 2.05) is 24.4 Å².